The number of aromatic hydroxyl groups is 1. The van der Waals surface area contributed by atoms with E-state index in [1.54, 1.807) is 12.3 Å². The molecule has 3 rings (SSSR count). The maximum absolute atomic E-state index is 10.0. The van der Waals surface area contributed by atoms with Gasteiger partial charge in [-0.15, -0.1) is 0 Å². The molecule has 1 aliphatic heterocycles. The van der Waals surface area contributed by atoms with Crippen LogP contribution in [0, 0.1) is 0 Å². The Balaban J connectivity index is 1.95. The molecule has 0 amide bonds. The van der Waals surface area contributed by atoms with Gasteiger partial charge in [-0.25, -0.2) is 0 Å². The third kappa shape index (κ3) is 2.55. The topological polar surface area (TPSA) is 35.8 Å². The lowest BCUT2D eigenvalue weighted by molar-refractivity contribution is 0.240. The van der Waals surface area contributed by atoms with Gasteiger partial charge in [0, 0.05) is 18.7 Å². The minimum absolute atomic E-state index is 0.291. The Labute approximate surface area is 113 Å². The molecule has 1 N–H and O–H groups in total. The number of hydrogen-bond donors (Lipinski definition) is 1. The molecule has 19 heavy (non-hydrogen) atoms. The third-order valence-electron chi connectivity index (χ3n) is 3.63. The predicted octanol–water partition coefficient (Wildman–Crippen LogP) is 3.37. The van der Waals surface area contributed by atoms with E-state index in [2.05, 4.69) is 10.1 Å². The van der Waals surface area contributed by atoms with Crippen LogP contribution in [-0.2, 0) is 0 Å². The monoisotopic (exact) mass is 254 g/mol. The Morgan fingerprint density at radius 1 is 1.00 bits per heavy atom. The molecule has 0 atom stereocenters. The highest BCUT2D eigenvalue weighted by molar-refractivity contribution is 6.02. The highest BCUT2D eigenvalue weighted by Gasteiger charge is 2.08. The standard InChI is InChI=1S/C16H18N2O/c19-16-9-8-13-6-2-3-7-14(13)15(16)12-17-18-10-4-1-5-11-18/h2-3,6-9,12,19H,1,4-5,10-11H2/b17-12+. The van der Waals surface area contributed by atoms with Crippen LogP contribution in [0.5, 0.6) is 5.75 Å². The van der Waals surface area contributed by atoms with Crippen molar-refractivity contribution in [1.29, 1.82) is 0 Å². The number of hydrazone groups is 1. The van der Waals surface area contributed by atoms with E-state index in [4.69, 9.17) is 0 Å². The SMILES string of the molecule is Oc1ccc2ccccc2c1/C=N/N1CCCCC1. The van der Waals surface area contributed by atoms with Gasteiger partial charge < -0.3 is 5.11 Å². The smallest absolute Gasteiger partial charge is 0.125 e. The van der Waals surface area contributed by atoms with Gasteiger partial charge in [0.15, 0.2) is 0 Å². The summed E-state index contributed by atoms with van der Waals surface area (Å²) in [5, 5.41) is 18.8. The first-order valence-corrected chi connectivity index (χ1v) is 6.84. The van der Waals surface area contributed by atoms with Crippen molar-refractivity contribution < 1.29 is 5.11 Å². The van der Waals surface area contributed by atoms with E-state index < -0.39 is 0 Å². The first-order valence-electron chi connectivity index (χ1n) is 6.84. The van der Waals surface area contributed by atoms with Crippen LogP contribution in [0.15, 0.2) is 41.5 Å². The van der Waals surface area contributed by atoms with Crippen molar-refractivity contribution in [2.24, 2.45) is 5.10 Å². The van der Waals surface area contributed by atoms with Gasteiger partial charge in [-0.3, -0.25) is 5.01 Å². The van der Waals surface area contributed by atoms with Gasteiger partial charge in [-0.1, -0.05) is 30.3 Å². The molecule has 0 spiro atoms. The molecule has 2 aromatic carbocycles. The highest BCUT2D eigenvalue weighted by atomic mass is 16.3. The van der Waals surface area contributed by atoms with Crippen LogP contribution >= 0.6 is 0 Å². The van der Waals surface area contributed by atoms with Crippen molar-refractivity contribution in [3.8, 4) is 5.75 Å². The van der Waals surface area contributed by atoms with Gasteiger partial charge in [0.2, 0.25) is 0 Å². The summed E-state index contributed by atoms with van der Waals surface area (Å²) >= 11 is 0. The van der Waals surface area contributed by atoms with Crippen molar-refractivity contribution in [2.75, 3.05) is 13.1 Å². The Hall–Kier alpha value is -2.03. The van der Waals surface area contributed by atoms with Gasteiger partial charge in [0.25, 0.3) is 0 Å². The number of phenols is 1. The highest BCUT2D eigenvalue weighted by Crippen LogP contribution is 2.25. The molecule has 1 fully saturated rings. The average molecular weight is 254 g/mol. The second-order valence-electron chi connectivity index (χ2n) is 4.98. The fourth-order valence-corrected chi connectivity index (χ4v) is 2.55. The second kappa shape index (κ2) is 5.31. The fraction of sp³-hybridized carbons (Fsp3) is 0.312. The maximum atomic E-state index is 10.0. The zero-order valence-electron chi connectivity index (χ0n) is 10.9. The van der Waals surface area contributed by atoms with Crippen LogP contribution in [0.25, 0.3) is 10.8 Å². The molecule has 3 heteroatoms. The Morgan fingerprint density at radius 3 is 2.63 bits per heavy atom. The molecule has 98 valence electrons. The minimum atomic E-state index is 0.291. The number of piperidine rings is 1. The number of benzene rings is 2. The van der Waals surface area contributed by atoms with E-state index in [1.807, 2.05) is 30.3 Å². The van der Waals surface area contributed by atoms with Crippen LogP contribution in [0.4, 0.5) is 0 Å². The summed E-state index contributed by atoms with van der Waals surface area (Å²) < 4.78 is 0. The molecule has 0 saturated carbocycles. The molecule has 3 nitrogen and oxygen atoms in total. The fourth-order valence-electron chi connectivity index (χ4n) is 2.55. The number of rotatable bonds is 2. The van der Waals surface area contributed by atoms with Gasteiger partial charge in [0.1, 0.15) is 5.75 Å². The summed E-state index contributed by atoms with van der Waals surface area (Å²) in [4.78, 5) is 0. The Bertz CT molecular complexity index is 601. The van der Waals surface area contributed by atoms with E-state index in [0.717, 1.165) is 29.4 Å². The first-order chi connectivity index (χ1) is 9.34. The summed E-state index contributed by atoms with van der Waals surface area (Å²) in [5.41, 5.74) is 0.809. The van der Waals surface area contributed by atoms with E-state index in [9.17, 15) is 5.11 Å². The van der Waals surface area contributed by atoms with Crippen molar-refractivity contribution >= 4 is 17.0 Å². The van der Waals surface area contributed by atoms with Gasteiger partial charge in [0.05, 0.1) is 6.21 Å². The molecule has 0 unspecified atom stereocenters. The van der Waals surface area contributed by atoms with Crippen LogP contribution in [0.3, 0.4) is 0 Å². The zero-order valence-corrected chi connectivity index (χ0v) is 10.9. The number of nitrogens with zero attached hydrogens (tertiary/aromatic N) is 2. The third-order valence-corrected chi connectivity index (χ3v) is 3.63. The van der Waals surface area contributed by atoms with Gasteiger partial charge in [-0.05, 0) is 36.1 Å². The zero-order chi connectivity index (χ0) is 13.1. The molecular weight excluding hydrogens is 236 g/mol. The normalized spacial score (nSPS) is 16.3. The van der Waals surface area contributed by atoms with E-state index in [1.165, 1.54) is 19.3 Å². The summed E-state index contributed by atoms with van der Waals surface area (Å²) in [7, 11) is 0. The number of phenolic OH excluding ortho intramolecular Hbond substituents is 1. The van der Waals surface area contributed by atoms with Crippen LogP contribution in [0.2, 0.25) is 0 Å². The largest absolute Gasteiger partial charge is 0.507 e. The van der Waals surface area contributed by atoms with Crippen molar-refractivity contribution in [3.05, 3.63) is 42.0 Å². The van der Waals surface area contributed by atoms with Gasteiger partial charge >= 0.3 is 0 Å². The van der Waals surface area contributed by atoms with E-state index in [-0.39, 0.29) is 0 Å². The Kier molecular flexibility index (Phi) is 3.36. The lowest BCUT2D eigenvalue weighted by Crippen LogP contribution is -2.24. The molecule has 0 aliphatic carbocycles. The predicted molar refractivity (Wildman–Crippen MR) is 78.6 cm³/mol. The molecule has 1 saturated heterocycles. The summed E-state index contributed by atoms with van der Waals surface area (Å²) in [5.74, 6) is 0.291. The molecular formula is C16H18N2O. The van der Waals surface area contributed by atoms with Crippen LogP contribution < -0.4 is 0 Å². The lowest BCUT2D eigenvalue weighted by atomic mass is 10.0. The number of hydrogen-bond acceptors (Lipinski definition) is 3. The number of fused-ring (bicyclic) bond motifs is 1. The van der Waals surface area contributed by atoms with Gasteiger partial charge in [-0.2, -0.15) is 5.10 Å². The average Bonchev–Trinajstić information content (AvgIpc) is 2.47. The second-order valence-corrected chi connectivity index (χ2v) is 4.98. The molecule has 1 aliphatic rings. The van der Waals surface area contributed by atoms with Crippen LogP contribution in [0.1, 0.15) is 24.8 Å². The summed E-state index contributed by atoms with van der Waals surface area (Å²) in [6.07, 6.45) is 5.51. The quantitative estimate of drug-likeness (QED) is 0.834. The summed E-state index contributed by atoms with van der Waals surface area (Å²) in [6.45, 7) is 2.03. The minimum Gasteiger partial charge on any atom is -0.507 e. The van der Waals surface area contributed by atoms with E-state index >= 15 is 0 Å². The van der Waals surface area contributed by atoms with Crippen molar-refractivity contribution in [2.45, 2.75) is 19.3 Å². The maximum Gasteiger partial charge on any atom is 0.125 e. The molecule has 0 bridgehead atoms. The summed E-state index contributed by atoms with van der Waals surface area (Å²) in [6, 6.07) is 11.7. The Morgan fingerprint density at radius 2 is 1.79 bits per heavy atom. The van der Waals surface area contributed by atoms with Crippen LogP contribution in [-0.4, -0.2) is 29.4 Å². The molecule has 1 heterocycles. The lowest BCUT2D eigenvalue weighted by Gasteiger charge is -2.23. The molecule has 0 radical (unpaired) electrons. The van der Waals surface area contributed by atoms with E-state index in [0.29, 0.717) is 5.75 Å². The first kappa shape index (κ1) is 12.0. The molecule has 0 aromatic heterocycles. The molecule has 2 aromatic rings. The van der Waals surface area contributed by atoms with Crippen molar-refractivity contribution in [3.63, 3.8) is 0 Å². The van der Waals surface area contributed by atoms with Crippen molar-refractivity contribution in [1.82, 2.24) is 5.01 Å².